The summed E-state index contributed by atoms with van der Waals surface area (Å²) in [6, 6.07) is 29.8. The summed E-state index contributed by atoms with van der Waals surface area (Å²) < 4.78 is 17.2. The lowest BCUT2D eigenvalue weighted by atomic mass is 10.0. The highest BCUT2D eigenvalue weighted by Crippen LogP contribution is 2.24. The molecule has 0 aliphatic carbocycles. The summed E-state index contributed by atoms with van der Waals surface area (Å²) in [5.74, 6) is 1.55. The maximum absolute atomic E-state index is 12.8. The molecular weight excluding hydrogens is 657 g/mol. The number of esters is 1. The molecule has 0 bridgehead atoms. The van der Waals surface area contributed by atoms with E-state index in [9.17, 15) is 9.59 Å². The number of carbonyl (C=O) groups is 2. The van der Waals surface area contributed by atoms with Crippen molar-refractivity contribution >= 4 is 17.8 Å². The average molecular weight is 717 g/mol. The Kier molecular flexibility index (Phi) is 19.1. The van der Waals surface area contributed by atoms with Crippen LogP contribution in [-0.4, -0.2) is 25.0 Å². The van der Waals surface area contributed by atoms with Gasteiger partial charge in [-0.05, 0) is 84.1 Å². The Morgan fingerprint density at radius 2 is 0.868 bits per heavy atom. The van der Waals surface area contributed by atoms with Crippen LogP contribution in [0, 0.1) is 0 Å². The molecule has 4 aromatic carbocycles. The lowest BCUT2D eigenvalue weighted by molar-refractivity contribution is 0.0734. The van der Waals surface area contributed by atoms with E-state index in [4.69, 9.17) is 14.2 Å². The smallest absolute Gasteiger partial charge is 0.343 e. The van der Waals surface area contributed by atoms with Crippen LogP contribution in [0.5, 0.6) is 17.2 Å². The van der Waals surface area contributed by atoms with Gasteiger partial charge in [0.2, 0.25) is 0 Å². The van der Waals surface area contributed by atoms with Crippen LogP contribution in [0.25, 0.3) is 17.2 Å². The maximum Gasteiger partial charge on any atom is 0.343 e. The summed E-state index contributed by atoms with van der Waals surface area (Å²) in [5.41, 5.74) is 4.01. The van der Waals surface area contributed by atoms with Crippen molar-refractivity contribution in [2.45, 2.75) is 117 Å². The standard InChI is InChI=1S/C48H60O5/c1-3-5-7-8-9-10-11-12-13-14-15-16-17-18-38-52-45-34-28-43(29-35-45)48(50)53-46-30-19-39(20-31-46)21-36-47(49)42-24-22-40(23-25-42)41-26-32-44(33-27-41)51-37-6-4-2/h19-36H,3-18,37-38H2,1-2H3/b36-21+. The first-order valence-electron chi connectivity index (χ1n) is 20.2. The molecule has 4 rings (SSSR count). The number of rotatable bonds is 26. The maximum atomic E-state index is 12.8. The summed E-state index contributed by atoms with van der Waals surface area (Å²) in [5, 5.41) is 0. The van der Waals surface area contributed by atoms with Crippen molar-refractivity contribution in [2.75, 3.05) is 13.2 Å². The van der Waals surface area contributed by atoms with Gasteiger partial charge in [-0.15, -0.1) is 0 Å². The summed E-state index contributed by atoms with van der Waals surface area (Å²) >= 11 is 0. The fraction of sp³-hybridized carbons (Fsp3) is 0.417. The van der Waals surface area contributed by atoms with E-state index >= 15 is 0 Å². The predicted molar refractivity (Wildman–Crippen MR) is 219 cm³/mol. The summed E-state index contributed by atoms with van der Waals surface area (Å²) in [6.45, 7) is 5.83. The third-order valence-electron chi connectivity index (χ3n) is 9.50. The van der Waals surface area contributed by atoms with Gasteiger partial charge in [0.15, 0.2) is 5.78 Å². The summed E-state index contributed by atoms with van der Waals surface area (Å²) in [6.07, 6.45) is 24.1. The van der Waals surface area contributed by atoms with Crippen LogP contribution >= 0.6 is 0 Å². The van der Waals surface area contributed by atoms with Crippen molar-refractivity contribution < 1.29 is 23.8 Å². The number of benzene rings is 4. The lowest BCUT2D eigenvalue weighted by Gasteiger charge is -2.08. The largest absolute Gasteiger partial charge is 0.494 e. The van der Waals surface area contributed by atoms with Gasteiger partial charge in [-0.3, -0.25) is 4.79 Å². The zero-order chi connectivity index (χ0) is 37.4. The van der Waals surface area contributed by atoms with E-state index in [1.807, 2.05) is 72.8 Å². The van der Waals surface area contributed by atoms with Crippen molar-refractivity contribution in [3.05, 3.63) is 120 Å². The Labute approximate surface area is 318 Å². The van der Waals surface area contributed by atoms with Gasteiger partial charge in [-0.25, -0.2) is 4.79 Å². The van der Waals surface area contributed by atoms with Crippen LogP contribution in [0.3, 0.4) is 0 Å². The highest BCUT2D eigenvalue weighted by atomic mass is 16.5. The Morgan fingerprint density at radius 1 is 0.453 bits per heavy atom. The second-order valence-corrected chi connectivity index (χ2v) is 13.9. The summed E-state index contributed by atoms with van der Waals surface area (Å²) in [4.78, 5) is 25.6. The Morgan fingerprint density at radius 3 is 1.40 bits per heavy atom. The number of hydrogen-bond donors (Lipinski definition) is 0. The fourth-order valence-electron chi connectivity index (χ4n) is 6.16. The molecule has 0 aliphatic heterocycles. The molecule has 53 heavy (non-hydrogen) atoms. The van der Waals surface area contributed by atoms with Gasteiger partial charge in [0.05, 0.1) is 18.8 Å². The molecule has 0 atom stereocenters. The second kappa shape index (κ2) is 24.6. The highest BCUT2D eigenvalue weighted by molar-refractivity contribution is 6.07. The first kappa shape index (κ1) is 41.1. The highest BCUT2D eigenvalue weighted by Gasteiger charge is 2.10. The van der Waals surface area contributed by atoms with E-state index in [0.29, 0.717) is 23.5 Å². The SMILES string of the molecule is CCCCCCCCCCCCCCCCOc1ccc(C(=O)Oc2ccc(/C=C/C(=O)c3ccc(-c4ccc(OCCCC)cc4)cc3)cc2)cc1. The molecule has 0 fully saturated rings. The normalized spacial score (nSPS) is 11.1. The zero-order valence-corrected chi connectivity index (χ0v) is 32.2. The topological polar surface area (TPSA) is 61.8 Å². The van der Waals surface area contributed by atoms with Gasteiger partial charge in [-0.2, -0.15) is 0 Å². The van der Waals surface area contributed by atoms with Crippen molar-refractivity contribution in [1.82, 2.24) is 0 Å². The van der Waals surface area contributed by atoms with Gasteiger partial charge in [0.1, 0.15) is 17.2 Å². The van der Waals surface area contributed by atoms with E-state index in [2.05, 4.69) is 13.8 Å². The number of ether oxygens (including phenoxy) is 3. The van der Waals surface area contributed by atoms with E-state index in [1.54, 1.807) is 36.4 Å². The van der Waals surface area contributed by atoms with Gasteiger partial charge in [0, 0.05) is 5.56 Å². The van der Waals surface area contributed by atoms with E-state index in [-0.39, 0.29) is 5.78 Å². The third-order valence-corrected chi connectivity index (χ3v) is 9.50. The molecule has 0 heterocycles. The molecule has 0 saturated carbocycles. The molecule has 282 valence electrons. The molecule has 0 saturated heterocycles. The van der Waals surface area contributed by atoms with Crippen LogP contribution < -0.4 is 14.2 Å². The van der Waals surface area contributed by atoms with Gasteiger partial charge >= 0.3 is 5.97 Å². The first-order chi connectivity index (χ1) is 26.1. The minimum atomic E-state index is -0.429. The van der Waals surface area contributed by atoms with Crippen molar-refractivity contribution in [3.8, 4) is 28.4 Å². The van der Waals surface area contributed by atoms with Crippen molar-refractivity contribution in [2.24, 2.45) is 0 Å². The molecule has 0 aliphatic rings. The second-order valence-electron chi connectivity index (χ2n) is 13.9. The first-order valence-corrected chi connectivity index (χ1v) is 20.2. The Balaban J connectivity index is 1.09. The Hall–Kier alpha value is -4.64. The monoisotopic (exact) mass is 716 g/mol. The molecule has 0 spiro atoms. The number of ketones is 1. The molecule has 0 aromatic heterocycles. The van der Waals surface area contributed by atoms with Crippen LogP contribution in [0.4, 0.5) is 0 Å². The predicted octanol–water partition coefficient (Wildman–Crippen LogP) is 13.5. The van der Waals surface area contributed by atoms with E-state index in [1.165, 1.54) is 83.5 Å². The molecule has 4 aromatic rings. The zero-order valence-electron chi connectivity index (χ0n) is 32.2. The molecule has 0 radical (unpaired) electrons. The quantitative estimate of drug-likeness (QED) is 0.0213. The number of hydrogen-bond acceptors (Lipinski definition) is 5. The van der Waals surface area contributed by atoms with Gasteiger partial charge in [0.25, 0.3) is 0 Å². The van der Waals surface area contributed by atoms with Crippen molar-refractivity contribution in [1.29, 1.82) is 0 Å². The Bertz CT molecular complexity index is 1620. The molecule has 0 amide bonds. The molecular formula is C48H60O5. The third kappa shape index (κ3) is 15.9. The summed E-state index contributed by atoms with van der Waals surface area (Å²) in [7, 11) is 0. The molecule has 0 N–H and O–H groups in total. The molecule has 5 nitrogen and oxygen atoms in total. The lowest BCUT2D eigenvalue weighted by Crippen LogP contribution is -2.08. The van der Waals surface area contributed by atoms with E-state index < -0.39 is 5.97 Å². The van der Waals surface area contributed by atoms with E-state index in [0.717, 1.165) is 54.1 Å². The number of carbonyl (C=O) groups excluding carboxylic acids is 2. The average Bonchev–Trinajstić information content (AvgIpc) is 3.19. The van der Waals surface area contributed by atoms with Crippen molar-refractivity contribution in [3.63, 3.8) is 0 Å². The molecule has 5 heteroatoms. The molecule has 0 unspecified atom stereocenters. The minimum Gasteiger partial charge on any atom is -0.494 e. The van der Waals surface area contributed by atoms with Gasteiger partial charge < -0.3 is 14.2 Å². The van der Waals surface area contributed by atoms with Crippen LogP contribution in [-0.2, 0) is 0 Å². The fourth-order valence-corrected chi connectivity index (χ4v) is 6.16. The number of unbranched alkanes of at least 4 members (excludes halogenated alkanes) is 14. The van der Waals surface area contributed by atoms with Crippen LogP contribution in [0.1, 0.15) is 143 Å². The number of allylic oxidation sites excluding steroid dienone is 1. The van der Waals surface area contributed by atoms with Crippen LogP contribution in [0.15, 0.2) is 103 Å². The minimum absolute atomic E-state index is 0.0845. The van der Waals surface area contributed by atoms with Gasteiger partial charge in [-0.1, -0.05) is 158 Å². The van der Waals surface area contributed by atoms with Crippen LogP contribution in [0.2, 0.25) is 0 Å².